The summed E-state index contributed by atoms with van der Waals surface area (Å²) in [5.74, 6) is -2.76. The molecule has 0 radical (unpaired) electrons. The van der Waals surface area contributed by atoms with Crippen LogP contribution in [0.1, 0.15) is 18.4 Å². The van der Waals surface area contributed by atoms with Gasteiger partial charge in [-0.25, -0.2) is 4.79 Å². The number of carbonyl (C=O) groups is 1. The van der Waals surface area contributed by atoms with Crippen LogP contribution < -0.4 is 5.32 Å². The fourth-order valence-corrected chi connectivity index (χ4v) is 1.58. The van der Waals surface area contributed by atoms with Gasteiger partial charge in [-0.2, -0.15) is 13.2 Å². The minimum absolute atomic E-state index is 0.567. The summed E-state index contributed by atoms with van der Waals surface area (Å²) in [7, 11) is 0. The highest BCUT2D eigenvalue weighted by Crippen LogP contribution is 2.13. The molecule has 1 aliphatic heterocycles. The maximum atomic E-state index is 10.6. The van der Waals surface area contributed by atoms with E-state index in [1.54, 1.807) is 0 Å². The monoisotopic (exact) mass is 318 g/mol. The molecule has 2 N–H and O–H groups in total. The highest BCUT2D eigenvalue weighted by Gasteiger charge is 2.38. The topological polar surface area (TPSA) is 70.9 Å². The number of hydrogen-bond acceptors (Lipinski definition) is 4. The van der Waals surface area contributed by atoms with E-state index in [2.05, 4.69) is 10.5 Å². The van der Waals surface area contributed by atoms with Crippen molar-refractivity contribution in [3.63, 3.8) is 0 Å². The van der Waals surface area contributed by atoms with Gasteiger partial charge in [0, 0.05) is 25.9 Å². The summed E-state index contributed by atoms with van der Waals surface area (Å²) in [6.07, 6.45) is -3.07. The highest BCUT2D eigenvalue weighted by molar-refractivity contribution is 5.84. The van der Waals surface area contributed by atoms with Gasteiger partial charge in [0.1, 0.15) is 6.61 Å². The number of carboxylic acids is 1. The van der Waals surface area contributed by atoms with Crippen molar-refractivity contribution in [3.05, 3.63) is 35.9 Å². The van der Waals surface area contributed by atoms with Gasteiger partial charge in [0.15, 0.2) is 0 Å². The van der Waals surface area contributed by atoms with Crippen molar-refractivity contribution < 1.29 is 27.9 Å². The molecule has 1 aromatic rings. The Bertz CT molecular complexity index is 482. The van der Waals surface area contributed by atoms with Crippen molar-refractivity contribution in [3.8, 4) is 0 Å². The minimum Gasteiger partial charge on any atom is -0.475 e. The number of rotatable bonds is 3. The van der Waals surface area contributed by atoms with E-state index in [1.165, 1.54) is 5.71 Å². The zero-order valence-electron chi connectivity index (χ0n) is 11.8. The third kappa shape index (κ3) is 7.63. The average molecular weight is 318 g/mol. The van der Waals surface area contributed by atoms with E-state index in [-0.39, 0.29) is 0 Å². The Kier molecular flexibility index (Phi) is 7.38. The first kappa shape index (κ1) is 18.0. The fraction of sp³-hybridized carbons (Fsp3) is 0.429. The smallest absolute Gasteiger partial charge is 0.475 e. The number of piperidine rings is 1. The van der Waals surface area contributed by atoms with Crippen LogP contribution in [-0.2, 0) is 16.2 Å². The summed E-state index contributed by atoms with van der Waals surface area (Å²) in [4.78, 5) is 14.2. The largest absolute Gasteiger partial charge is 0.490 e. The van der Waals surface area contributed by atoms with E-state index < -0.39 is 12.1 Å². The molecule has 1 aliphatic rings. The van der Waals surface area contributed by atoms with Crippen molar-refractivity contribution in [2.45, 2.75) is 25.6 Å². The zero-order valence-corrected chi connectivity index (χ0v) is 11.8. The van der Waals surface area contributed by atoms with E-state index in [1.807, 2.05) is 30.3 Å². The molecule has 8 heteroatoms. The highest BCUT2D eigenvalue weighted by atomic mass is 19.4. The summed E-state index contributed by atoms with van der Waals surface area (Å²) in [5.41, 5.74) is 2.33. The Labute approximate surface area is 125 Å². The third-order valence-electron chi connectivity index (χ3n) is 2.69. The van der Waals surface area contributed by atoms with Crippen LogP contribution >= 0.6 is 0 Å². The third-order valence-corrected chi connectivity index (χ3v) is 2.69. The quantitative estimate of drug-likeness (QED) is 0.840. The first-order valence-electron chi connectivity index (χ1n) is 6.62. The maximum absolute atomic E-state index is 10.6. The molecule has 1 heterocycles. The fourth-order valence-electron chi connectivity index (χ4n) is 1.58. The second-order valence-electron chi connectivity index (χ2n) is 4.47. The Balaban J connectivity index is 0.000000295. The summed E-state index contributed by atoms with van der Waals surface area (Å²) in [6.45, 7) is 2.61. The molecule has 1 fully saturated rings. The summed E-state index contributed by atoms with van der Waals surface area (Å²) in [5, 5.41) is 14.6. The number of oxime groups is 1. The Hall–Kier alpha value is -2.09. The van der Waals surface area contributed by atoms with E-state index in [0.717, 1.165) is 31.5 Å². The normalized spacial score (nSPS) is 14.6. The lowest BCUT2D eigenvalue weighted by molar-refractivity contribution is -0.192. The van der Waals surface area contributed by atoms with Crippen LogP contribution in [0, 0.1) is 0 Å². The second-order valence-corrected chi connectivity index (χ2v) is 4.47. The van der Waals surface area contributed by atoms with Crippen molar-refractivity contribution in [2.75, 3.05) is 13.1 Å². The average Bonchev–Trinajstić information content (AvgIpc) is 2.49. The summed E-state index contributed by atoms with van der Waals surface area (Å²) < 4.78 is 31.7. The number of alkyl halides is 3. The molecule has 5 nitrogen and oxygen atoms in total. The lowest BCUT2D eigenvalue weighted by atomic mass is 10.1. The van der Waals surface area contributed by atoms with Gasteiger partial charge in [0.25, 0.3) is 0 Å². The van der Waals surface area contributed by atoms with Crippen LogP contribution in [0.25, 0.3) is 0 Å². The molecule has 0 spiro atoms. The van der Waals surface area contributed by atoms with Crippen molar-refractivity contribution in [1.29, 1.82) is 0 Å². The molecule has 0 unspecified atom stereocenters. The molecule has 0 atom stereocenters. The number of carboxylic acid groups (broad SMARTS) is 1. The van der Waals surface area contributed by atoms with Crippen LogP contribution in [0.4, 0.5) is 13.2 Å². The Morgan fingerprint density at radius 1 is 1.23 bits per heavy atom. The van der Waals surface area contributed by atoms with Crippen molar-refractivity contribution >= 4 is 11.7 Å². The molecule has 22 heavy (non-hydrogen) atoms. The van der Waals surface area contributed by atoms with Crippen molar-refractivity contribution in [1.82, 2.24) is 5.32 Å². The van der Waals surface area contributed by atoms with Gasteiger partial charge in [-0.1, -0.05) is 35.5 Å². The molecule has 1 aromatic carbocycles. The zero-order chi connectivity index (χ0) is 16.4. The number of benzene rings is 1. The molecule has 0 aromatic heterocycles. The predicted octanol–water partition coefficient (Wildman–Crippen LogP) is 2.58. The first-order valence-corrected chi connectivity index (χ1v) is 6.62. The van der Waals surface area contributed by atoms with E-state index in [0.29, 0.717) is 6.61 Å². The van der Waals surface area contributed by atoms with E-state index in [9.17, 15) is 13.2 Å². The standard InChI is InChI=1S/C12H16N2O.C2HF3O2/c1-2-4-11(5-3-1)10-15-14-12-6-8-13-9-7-12;3-2(4,5)1(6)7/h1-5,13H,6-10H2;(H,6,7). The second kappa shape index (κ2) is 9.04. The molecule has 1 saturated heterocycles. The maximum Gasteiger partial charge on any atom is 0.490 e. The molecule has 2 rings (SSSR count). The van der Waals surface area contributed by atoms with Gasteiger partial charge in [-0.15, -0.1) is 0 Å². The molecule has 0 bridgehead atoms. The van der Waals surface area contributed by atoms with Gasteiger partial charge < -0.3 is 15.3 Å². The van der Waals surface area contributed by atoms with E-state index in [4.69, 9.17) is 14.7 Å². The Morgan fingerprint density at radius 3 is 2.27 bits per heavy atom. The molecule has 0 amide bonds. The summed E-state index contributed by atoms with van der Waals surface area (Å²) in [6, 6.07) is 10.1. The molecular weight excluding hydrogens is 301 g/mol. The van der Waals surface area contributed by atoms with Crippen LogP contribution in [-0.4, -0.2) is 36.1 Å². The lowest BCUT2D eigenvalue weighted by Gasteiger charge is -2.13. The number of nitrogens with zero attached hydrogens (tertiary/aromatic N) is 1. The predicted molar refractivity (Wildman–Crippen MR) is 74.5 cm³/mol. The first-order chi connectivity index (χ1) is 10.4. The number of aliphatic carboxylic acids is 1. The number of halogens is 3. The van der Waals surface area contributed by atoms with Crippen molar-refractivity contribution in [2.24, 2.45) is 5.16 Å². The molecule has 122 valence electrons. The summed E-state index contributed by atoms with van der Waals surface area (Å²) >= 11 is 0. The van der Waals surface area contributed by atoms with Crippen LogP contribution in [0.3, 0.4) is 0 Å². The molecule has 0 saturated carbocycles. The lowest BCUT2D eigenvalue weighted by Crippen LogP contribution is -2.27. The van der Waals surface area contributed by atoms with E-state index >= 15 is 0 Å². The SMILES string of the molecule is O=C(O)C(F)(F)F.c1ccc(CON=C2CCNCC2)cc1. The van der Waals surface area contributed by atoms with Crippen LogP contribution in [0.2, 0.25) is 0 Å². The molecule has 0 aliphatic carbocycles. The van der Waals surface area contributed by atoms with Gasteiger partial charge in [0.05, 0.1) is 5.71 Å². The van der Waals surface area contributed by atoms with Crippen LogP contribution in [0.15, 0.2) is 35.5 Å². The number of nitrogens with one attached hydrogen (secondary N) is 1. The number of hydrogen-bond donors (Lipinski definition) is 2. The van der Waals surface area contributed by atoms with Gasteiger partial charge in [-0.05, 0) is 5.56 Å². The van der Waals surface area contributed by atoms with Gasteiger partial charge in [-0.3, -0.25) is 0 Å². The molecular formula is C14H17F3N2O3. The van der Waals surface area contributed by atoms with Gasteiger partial charge in [0.2, 0.25) is 0 Å². The van der Waals surface area contributed by atoms with Crippen LogP contribution in [0.5, 0.6) is 0 Å². The Morgan fingerprint density at radius 2 is 1.77 bits per heavy atom. The minimum atomic E-state index is -5.08. The van der Waals surface area contributed by atoms with Gasteiger partial charge >= 0.3 is 12.1 Å².